The number of nitrogens with zero attached hydrogens (tertiary/aromatic N) is 1. The van der Waals surface area contributed by atoms with Crippen LogP contribution in [0.15, 0.2) is 30.6 Å². The summed E-state index contributed by atoms with van der Waals surface area (Å²) in [5.41, 5.74) is 3.62. The van der Waals surface area contributed by atoms with Gasteiger partial charge >= 0.3 is 6.18 Å². The van der Waals surface area contributed by atoms with E-state index in [0.29, 0.717) is 34.9 Å². The van der Waals surface area contributed by atoms with Crippen LogP contribution in [-0.2, 0) is 11.8 Å². The van der Waals surface area contributed by atoms with Gasteiger partial charge in [-0.25, -0.2) is 0 Å². The van der Waals surface area contributed by atoms with Crippen LogP contribution in [0.4, 0.5) is 18.9 Å². The van der Waals surface area contributed by atoms with Gasteiger partial charge in [-0.05, 0) is 35.6 Å². The number of pyridine rings is 1. The van der Waals surface area contributed by atoms with Crippen LogP contribution in [0.2, 0.25) is 5.02 Å². The molecule has 0 bridgehead atoms. The Hall–Kier alpha value is -2.43. The van der Waals surface area contributed by atoms with Crippen molar-refractivity contribution >= 4 is 17.3 Å². The first kappa shape index (κ1) is 22.3. The molecule has 0 saturated heterocycles. The van der Waals surface area contributed by atoms with Crippen molar-refractivity contribution in [2.45, 2.75) is 50.3 Å². The zero-order valence-electron chi connectivity index (χ0n) is 16.6. The maximum absolute atomic E-state index is 13.9. The minimum atomic E-state index is -4.88. The van der Waals surface area contributed by atoms with E-state index in [2.05, 4.69) is 16.8 Å². The predicted octanol–water partition coefficient (Wildman–Crippen LogP) is 4.66. The molecule has 0 radical (unpaired) electrons. The Morgan fingerprint density at radius 3 is 2.70 bits per heavy atom. The molecule has 1 aliphatic rings. The number of halogens is 4. The van der Waals surface area contributed by atoms with Gasteiger partial charge in [-0.1, -0.05) is 37.3 Å². The number of anilines is 1. The largest absolute Gasteiger partial charge is 0.493 e. The number of aliphatic hydroxyl groups is 1. The van der Waals surface area contributed by atoms with E-state index in [1.54, 1.807) is 26.0 Å². The van der Waals surface area contributed by atoms with Crippen molar-refractivity contribution in [3.8, 4) is 17.6 Å². The van der Waals surface area contributed by atoms with Crippen LogP contribution < -0.4 is 10.5 Å². The number of nitrogens with two attached hydrogens (primary N) is 1. The average Bonchev–Trinajstić information content (AvgIpc) is 3.09. The quantitative estimate of drug-likeness (QED) is 0.681. The molecule has 4 nitrogen and oxygen atoms in total. The van der Waals surface area contributed by atoms with Crippen molar-refractivity contribution < 1.29 is 23.0 Å². The summed E-state index contributed by atoms with van der Waals surface area (Å²) in [5.74, 6) is 5.58. The summed E-state index contributed by atoms with van der Waals surface area (Å²) in [6.45, 7) is 3.71. The second kappa shape index (κ2) is 8.01. The highest BCUT2D eigenvalue weighted by Gasteiger charge is 2.55. The molecule has 1 aliphatic heterocycles. The van der Waals surface area contributed by atoms with E-state index in [9.17, 15) is 18.3 Å². The Labute approximate surface area is 178 Å². The van der Waals surface area contributed by atoms with Gasteiger partial charge in [0.2, 0.25) is 0 Å². The molecule has 30 heavy (non-hydrogen) atoms. The minimum absolute atomic E-state index is 0.257. The highest BCUT2D eigenvalue weighted by molar-refractivity contribution is 6.30. The molecule has 2 heterocycles. The molecule has 1 atom stereocenters. The van der Waals surface area contributed by atoms with Crippen LogP contribution in [0.3, 0.4) is 0 Å². The monoisotopic (exact) mass is 438 g/mol. The molecular formula is C22H22ClF3N2O2. The first-order valence-corrected chi connectivity index (χ1v) is 9.74. The number of hydrogen-bond donors (Lipinski definition) is 2. The third-order valence-corrected chi connectivity index (χ3v) is 5.41. The molecule has 1 unspecified atom stereocenters. The topological polar surface area (TPSA) is 68.4 Å². The second-order valence-corrected chi connectivity index (χ2v) is 8.51. The number of rotatable bonds is 4. The smallest absolute Gasteiger partial charge is 0.418 e. The van der Waals surface area contributed by atoms with Gasteiger partial charge in [0.05, 0.1) is 24.1 Å². The van der Waals surface area contributed by atoms with Crippen LogP contribution in [0, 0.1) is 11.8 Å². The van der Waals surface area contributed by atoms with Gasteiger partial charge in [-0.3, -0.25) is 4.98 Å². The number of fused-ring (bicyclic) bond motifs is 1. The molecule has 3 rings (SSSR count). The fraction of sp³-hybridized carbons (Fsp3) is 0.409. The molecule has 8 heteroatoms. The molecule has 160 valence electrons. The fourth-order valence-corrected chi connectivity index (χ4v) is 3.91. The lowest BCUT2D eigenvalue weighted by molar-refractivity contribution is -0.264. The van der Waals surface area contributed by atoms with Crippen molar-refractivity contribution in [3.63, 3.8) is 0 Å². The maximum atomic E-state index is 13.9. The number of hydrogen-bond acceptors (Lipinski definition) is 4. The van der Waals surface area contributed by atoms with Crippen LogP contribution in [-0.4, -0.2) is 28.5 Å². The van der Waals surface area contributed by atoms with Gasteiger partial charge in [0.1, 0.15) is 5.75 Å². The summed E-state index contributed by atoms with van der Waals surface area (Å²) in [7, 11) is 0. The van der Waals surface area contributed by atoms with Crippen LogP contribution in [0.25, 0.3) is 0 Å². The molecule has 0 aliphatic carbocycles. The lowest BCUT2D eigenvalue weighted by Gasteiger charge is -2.37. The molecule has 2 aromatic rings. The number of nitrogen functional groups attached to an aromatic ring is 1. The molecule has 1 aromatic carbocycles. The standard InChI is InChI=1S/C22H22ClF3N2O2/c1-20(2,17-11-16(23)10-15-6-9-30-19(15)17)13-21(29,22(24,25)26)7-3-4-14-5-8-28-12-18(14)27/h5,8,10-12,29H,6-7,9,13,27H2,1-2H3. The van der Waals surface area contributed by atoms with E-state index in [1.807, 2.05) is 0 Å². The molecule has 1 aromatic heterocycles. The lowest BCUT2D eigenvalue weighted by Crippen LogP contribution is -2.49. The van der Waals surface area contributed by atoms with E-state index in [4.69, 9.17) is 22.1 Å². The normalized spacial score (nSPS) is 15.6. The lowest BCUT2D eigenvalue weighted by atomic mass is 9.73. The van der Waals surface area contributed by atoms with Crippen molar-refractivity contribution in [3.05, 3.63) is 52.3 Å². The minimum Gasteiger partial charge on any atom is -0.493 e. The third-order valence-electron chi connectivity index (χ3n) is 5.20. The Kier molecular flexibility index (Phi) is 5.94. The summed E-state index contributed by atoms with van der Waals surface area (Å²) in [6.07, 6.45) is -2.85. The first-order chi connectivity index (χ1) is 13.9. The highest BCUT2D eigenvalue weighted by atomic mass is 35.5. The number of ether oxygens (including phenoxy) is 1. The van der Waals surface area contributed by atoms with Gasteiger partial charge < -0.3 is 15.6 Å². The van der Waals surface area contributed by atoms with Gasteiger partial charge in [-0.15, -0.1) is 0 Å². The Morgan fingerprint density at radius 2 is 2.03 bits per heavy atom. The Bertz CT molecular complexity index is 1010. The summed E-state index contributed by atoms with van der Waals surface area (Å²) < 4.78 is 47.4. The maximum Gasteiger partial charge on any atom is 0.418 e. The van der Waals surface area contributed by atoms with Gasteiger partial charge in [0, 0.05) is 29.6 Å². The van der Waals surface area contributed by atoms with Gasteiger partial charge in [0.15, 0.2) is 5.60 Å². The number of alkyl halides is 3. The van der Waals surface area contributed by atoms with Gasteiger partial charge in [-0.2, -0.15) is 13.2 Å². The van der Waals surface area contributed by atoms with E-state index < -0.39 is 30.0 Å². The van der Waals surface area contributed by atoms with E-state index in [-0.39, 0.29) is 5.69 Å². The van der Waals surface area contributed by atoms with Crippen molar-refractivity contribution in [2.24, 2.45) is 0 Å². The van der Waals surface area contributed by atoms with E-state index in [1.165, 1.54) is 18.5 Å². The average molecular weight is 439 g/mol. The van der Waals surface area contributed by atoms with E-state index >= 15 is 0 Å². The van der Waals surface area contributed by atoms with Gasteiger partial charge in [0.25, 0.3) is 0 Å². The molecular weight excluding hydrogens is 417 g/mol. The SMILES string of the molecule is CC(C)(CC(O)(CC#Cc1ccncc1N)C(F)(F)F)c1cc(Cl)cc2c1OCC2. The van der Waals surface area contributed by atoms with Crippen LogP contribution >= 0.6 is 11.6 Å². The zero-order chi connectivity index (χ0) is 22.2. The molecule has 0 saturated carbocycles. The first-order valence-electron chi connectivity index (χ1n) is 9.36. The van der Waals surface area contributed by atoms with Crippen LogP contribution in [0.1, 0.15) is 43.4 Å². The van der Waals surface area contributed by atoms with Crippen LogP contribution in [0.5, 0.6) is 5.75 Å². The van der Waals surface area contributed by atoms with Crippen molar-refractivity contribution in [1.82, 2.24) is 4.98 Å². The van der Waals surface area contributed by atoms with Crippen molar-refractivity contribution in [1.29, 1.82) is 0 Å². The summed E-state index contributed by atoms with van der Waals surface area (Å²) in [6, 6.07) is 4.86. The summed E-state index contributed by atoms with van der Waals surface area (Å²) in [4.78, 5) is 3.81. The zero-order valence-corrected chi connectivity index (χ0v) is 17.4. The fourth-order valence-electron chi connectivity index (χ4n) is 3.67. The van der Waals surface area contributed by atoms with E-state index in [0.717, 1.165) is 5.56 Å². The highest BCUT2D eigenvalue weighted by Crippen LogP contribution is 2.47. The Balaban J connectivity index is 1.93. The third kappa shape index (κ3) is 4.50. The molecule has 3 N–H and O–H groups in total. The Morgan fingerprint density at radius 1 is 1.30 bits per heavy atom. The second-order valence-electron chi connectivity index (χ2n) is 8.07. The molecule has 0 fully saturated rings. The number of benzene rings is 1. The number of aromatic nitrogens is 1. The summed E-state index contributed by atoms with van der Waals surface area (Å²) >= 11 is 6.18. The predicted molar refractivity (Wildman–Crippen MR) is 109 cm³/mol. The van der Waals surface area contributed by atoms with Crippen molar-refractivity contribution in [2.75, 3.05) is 12.3 Å². The summed E-state index contributed by atoms with van der Waals surface area (Å²) in [5, 5.41) is 11.1. The molecule has 0 amide bonds. The molecule has 0 spiro atoms.